The Labute approximate surface area is 804 Å². The van der Waals surface area contributed by atoms with Gasteiger partial charge in [0.15, 0.2) is 25.2 Å². The van der Waals surface area contributed by atoms with Gasteiger partial charge in [0, 0.05) is 90.5 Å². The fraction of sp³-hybridized carbons (Fsp3) is 0.406. The van der Waals surface area contributed by atoms with Crippen molar-refractivity contribution in [2.75, 3.05) is 77.0 Å². The van der Waals surface area contributed by atoms with Crippen LogP contribution in [0.4, 0.5) is 25.8 Å². The molecule has 0 saturated carbocycles. The maximum atomic E-state index is 14.3. The number of nitrogens with one attached hydrogen (secondary N) is 8. The summed E-state index contributed by atoms with van der Waals surface area (Å²) in [7, 11) is 1.25. The summed E-state index contributed by atoms with van der Waals surface area (Å²) in [4.78, 5) is 213. The number of likely N-dealkylation sites (N-methyl/N-ethyl adjacent to an activating group) is 1. The van der Waals surface area contributed by atoms with Crippen molar-refractivity contribution in [1.82, 2.24) is 65.7 Å². The second-order valence-electron chi connectivity index (χ2n) is 34.7. The molecule has 45 heteroatoms. The highest BCUT2D eigenvalue weighted by molar-refractivity contribution is 6.13. The molecule has 12 amide bonds. The van der Waals surface area contributed by atoms with Crippen LogP contribution in [0.1, 0.15) is 129 Å². The summed E-state index contributed by atoms with van der Waals surface area (Å²) in [5, 5.41) is 86.7. The first-order chi connectivity index (χ1) is 67.3. The molecule has 0 radical (unpaired) electrons. The number of carboxylic acids is 1. The number of anilines is 2. The third-order valence-corrected chi connectivity index (χ3v) is 25.3. The summed E-state index contributed by atoms with van der Waals surface area (Å²) in [6.07, 6.45) is -9.09. The number of aromatic nitrogens is 4. The molecule has 14 rings (SSSR count). The maximum Gasteiger partial charge on any atom is 0.410 e. The lowest BCUT2D eigenvalue weighted by atomic mass is 9.84. The molecule has 9 atom stereocenters. The Balaban J connectivity index is 0.551. The molecule has 16 N–H and O–H groups in total. The van der Waals surface area contributed by atoms with E-state index in [0.717, 1.165) is 55.0 Å². The van der Waals surface area contributed by atoms with Crippen LogP contribution in [-0.4, -0.2) is 251 Å². The van der Waals surface area contributed by atoms with Gasteiger partial charge in [-0.3, -0.25) is 68.4 Å². The molecular formula is C96H108N16O29. The molecule has 0 aliphatic carbocycles. The molecule has 0 unspecified atom stereocenters. The molecule has 0 spiro atoms. The minimum absolute atomic E-state index is 0.000145. The number of carbonyl (C=O) groups excluding carboxylic acids is 12. The number of carboxylic acid groups (broad SMARTS) is 1. The lowest BCUT2D eigenvalue weighted by Gasteiger charge is -2.38. The van der Waals surface area contributed by atoms with E-state index in [2.05, 4.69) is 49.1 Å². The maximum absolute atomic E-state index is 14.3. The van der Waals surface area contributed by atoms with Gasteiger partial charge < -0.3 is 120 Å². The van der Waals surface area contributed by atoms with Crippen LogP contribution in [0.15, 0.2) is 125 Å². The minimum Gasteiger partial charge on any atom is -0.490 e. The highest BCUT2D eigenvalue weighted by Gasteiger charge is 2.50. The number of benzene rings is 4. The number of esters is 1. The van der Waals surface area contributed by atoms with Crippen LogP contribution in [0.25, 0.3) is 44.6 Å². The highest BCUT2D eigenvalue weighted by Crippen LogP contribution is 2.45. The third-order valence-electron chi connectivity index (χ3n) is 25.3. The zero-order valence-corrected chi connectivity index (χ0v) is 78.0. The third kappa shape index (κ3) is 22.2. The Hall–Kier alpha value is -15.3. The van der Waals surface area contributed by atoms with E-state index in [9.17, 15) is 103 Å². The van der Waals surface area contributed by atoms with E-state index >= 15 is 0 Å². The monoisotopic (exact) mass is 1950 g/mol. The number of pyridine rings is 4. The molecule has 1 saturated heterocycles. The number of hydrogen-bond donors (Lipinski definition) is 15. The first-order valence-electron chi connectivity index (χ1n) is 45.6. The van der Waals surface area contributed by atoms with Gasteiger partial charge in [-0.1, -0.05) is 66.3 Å². The number of carbonyl (C=O) groups is 13. The van der Waals surface area contributed by atoms with Gasteiger partial charge in [-0.15, -0.1) is 0 Å². The van der Waals surface area contributed by atoms with Gasteiger partial charge in [0.1, 0.15) is 85.4 Å². The van der Waals surface area contributed by atoms with Crippen LogP contribution in [0, 0.1) is 5.92 Å². The Morgan fingerprint density at radius 1 is 0.617 bits per heavy atom. The first kappa shape index (κ1) is 102. The molecule has 8 aromatic rings. The van der Waals surface area contributed by atoms with Crippen LogP contribution >= 0.6 is 0 Å². The van der Waals surface area contributed by atoms with Crippen LogP contribution in [0.5, 0.6) is 17.2 Å². The van der Waals surface area contributed by atoms with Gasteiger partial charge in [-0.25, -0.2) is 33.9 Å². The van der Waals surface area contributed by atoms with Crippen molar-refractivity contribution in [3.05, 3.63) is 192 Å². The van der Waals surface area contributed by atoms with E-state index in [1.54, 1.807) is 97.5 Å². The van der Waals surface area contributed by atoms with Crippen molar-refractivity contribution in [3.63, 3.8) is 0 Å². The number of ether oxygens (including phenoxy) is 8. The van der Waals surface area contributed by atoms with E-state index in [4.69, 9.17) is 53.6 Å². The predicted octanol–water partition coefficient (Wildman–Crippen LogP) is 2.22. The summed E-state index contributed by atoms with van der Waals surface area (Å²) < 4.78 is 48.0. The second-order valence-corrected chi connectivity index (χ2v) is 34.7. The van der Waals surface area contributed by atoms with E-state index in [1.807, 2.05) is 13.8 Å². The van der Waals surface area contributed by atoms with E-state index < -0.39 is 177 Å². The molecule has 10 heterocycles. The van der Waals surface area contributed by atoms with Gasteiger partial charge >= 0.3 is 30.2 Å². The number of urea groups is 1. The SMILES string of the molecule is C=C1OCc2c(cc3n(c2=O)Cc2c-3nc3ccc(OCNC(=O)OCc4ccc(O[C@@H]5O[C@H](C(=O)O)[C@@H](O)[C@H](O)[C@H]5O)c(NC(=O)CN(C)C(=O)CCNC(=O)CN(CCN5C(=O)C=CC5=O)CC(=O)N[C@H](C(=O)N[C@@H](CCCNC(N)=O)C(=O)Nc5ccc(COC(=O)NCOc6ccc7nc8c(c(CC)c7c6)Cn6c-8cc7c(c6=O)COC(=O)[C@]7(O)CC)cc5)C(C)C)c4)cc3c2CC)[C@@]1(O)CC. The topological polar surface area (TPSA) is 619 Å². The standard InChI is InChI=1S/C96H108N16O29/c1-9-55-57-34-54(20-22-65(57)104-79-59(55)37-111-69(79)35-63-61(87(111)124)44-134-49(7)95(63,132)11-3)139-47-101-94(131)137-43-51-17-24-71(140-90-83(121)81(119)82(120)84(141-90)89(126)127)68(32-51)103-73(114)39-108(8)75(116)27-29-98-72(113)40-109(30-31-110-76(117)25-26-77(110)118)41-74(115)107-78(48(5)6)86(123)106-67(14-13-28-99-92(97)129)85(122)102-52-18-15-50(16-19-52)42-136-93(130)100-46-138-53-21-23-66-58(33-53)56(10-2)60-38-112-70(80(60)105-66)36-64-62(88(112)125)45-135-91(128)96(64,133)12-4/h15-26,32-36,48,67,78,81-84,90,119-121,132-133H,7,9-14,27-31,37-47H2,1-6,8H3,(H,98,113)(H,100,130)(H,101,131)(H,102,122)(H,103,114)(H,106,123)(H,107,115)(H,126,127)(H3,97,99,129)/t67-,78-,81-,82-,83+,84-,90+,95+,96-/m0/s1. The number of rotatable bonds is 40. The molecule has 6 aliphatic heterocycles. The van der Waals surface area contributed by atoms with Crippen LogP contribution in [0.3, 0.4) is 0 Å². The van der Waals surface area contributed by atoms with Crippen molar-refractivity contribution in [2.24, 2.45) is 11.7 Å². The molecule has 4 aromatic heterocycles. The summed E-state index contributed by atoms with van der Waals surface area (Å²) in [6.45, 7) is 10.4. The number of nitrogens with zero attached hydrogens (tertiary/aromatic N) is 7. The molecular weight excluding hydrogens is 1840 g/mol. The summed E-state index contributed by atoms with van der Waals surface area (Å²) in [6, 6.07) is 20.3. The number of primary amides is 1. The fourth-order valence-electron chi connectivity index (χ4n) is 17.6. The summed E-state index contributed by atoms with van der Waals surface area (Å²) in [5.41, 5.74) is 9.71. The molecule has 4 aromatic carbocycles. The fourth-order valence-corrected chi connectivity index (χ4v) is 17.6. The Morgan fingerprint density at radius 3 is 1.74 bits per heavy atom. The van der Waals surface area contributed by atoms with Gasteiger partial charge in [0.05, 0.1) is 83.3 Å². The average Bonchev–Trinajstić information content (AvgIpc) is 1.57. The average molecular weight is 1950 g/mol. The molecule has 6 aliphatic rings. The van der Waals surface area contributed by atoms with Gasteiger partial charge in [0.25, 0.3) is 22.9 Å². The number of amides is 12. The van der Waals surface area contributed by atoms with Crippen molar-refractivity contribution in [1.29, 1.82) is 0 Å². The Kier molecular flexibility index (Phi) is 31.3. The Bertz CT molecular complexity index is 6480. The first-order valence-corrected chi connectivity index (χ1v) is 45.6. The molecule has 45 nitrogen and oxygen atoms in total. The van der Waals surface area contributed by atoms with Crippen molar-refractivity contribution in [2.45, 2.75) is 180 Å². The number of aryl methyl sites for hydroxylation is 2. The molecule has 0 bridgehead atoms. The summed E-state index contributed by atoms with van der Waals surface area (Å²) >= 11 is 0. The molecule has 1 fully saturated rings. The van der Waals surface area contributed by atoms with Crippen LogP contribution in [0.2, 0.25) is 0 Å². The number of aliphatic carboxylic acids is 1. The highest BCUT2D eigenvalue weighted by atomic mass is 16.7. The summed E-state index contributed by atoms with van der Waals surface area (Å²) in [5.74, 6) is -8.69. The van der Waals surface area contributed by atoms with E-state index in [0.29, 0.717) is 74.8 Å². The van der Waals surface area contributed by atoms with E-state index in [1.165, 1.54) is 42.3 Å². The van der Waals surface area contributed by atoms with Gasteiger partial charge in [-0.05, 0) is 139 Å². The predicted molar refractivity (Wildman–Crippen MR) is 498 cm³/mol. The minimum atomic E-state index is -2.09. The number of imide groups is 1. The normalized spacial score (nSPS) is 18.9. The number of aliphatic hydroxyl groups is 5. The zero-order valence-electron chi connectivity index (χ0n) is 78.0. The van der Waals surface area contributed by atoms with Gasteiger partial charge in [0.2, 0.25) is 41.7 Å². The Morgan fingerprint density at radius 2 is 1.18 bits per heavy atom. The second kappa shape index (κ2) is 43.4. The molecule has 141 heavy (non-hydrogen) atoms. The number of alkyl carbamates (subject to hydrolysis) is 2. The van der Waals surface area contributed by atoms with Crippen molar-refractivity contribution >= 4 is 111 Å². The number of aliphatic hydroxyl groups excluding tert-OH is 3. The largest absolute Gasteiger partial charge is 0.490 e. The lowest BCUT2D eigenvalue weighted by molar-refractivity contribution is -0.271. The molecule has 746 valence electrons. The van der Waals surface area contributed by atoms with Crippen molar-refractivity contribution in [3.8, 4) is 40.0 Å². The number of cyclic esters (lactones) is 1. The van der Waals surface area contributed by atoms with Crippen LogP contribution < -0.4 is 73.6 Å². The number of hydrogen-bond acceptors (Lipinski definition) is 31. The zero-order chi connectivity index (χ0) is 101. The smallest absolute Gasteiger partial charge is 0.410 e. The number of nitrogens with two attached hydrogens (primary N) is 1. The van der Waals surface area contributed by atoms with Crippen LogP contribution in [-0.2, 0) is 135 Å². The lowest BCUT2D eigenvalue weighted by Crippen LogP contribution is -2.61. The quantitative estimate of drug-likeness (QED) is 0.00860. The van der Waals surface area contributed by atoms with Crippen molar-refractivity contribution < 1.29 is 131 Å². The van der Waals surface area contributed by atoms with E-state index in [-0.39, 0.29) is 142 Å². The van der Waals surface area contributed by atoms with Gasteiger partial charge in [-0.2, -0.15) is 0 Å². The number of fused-ring (bicyclic) bond motifs is 10.